The van der Waals surface area contributed by atoms with Gasteiger partial charge in [0.2, 0.25) is 0 Å². The van der Waals surface area contributed by atoms with Crippen molar-refractivity contribution in [3.8, 4) is 0 Å². The van der Waals surface area contributed by atoms with Gasteiger partial charge in [-0.05, 0) is 18.8 Å². The van der Waals surface area contributed by atoms with E-state index in [0.29, 0.717) is 5.92 Å². The van der Waals surface area contributed by atoms with Gasteiger partial charge >= 0.3 is 5.97 Å². The third kappa shape index (κ3) is 9.21. The molecule has 0 aromatic carbocycles. The average molecular weight is 156 g/mol. The zero-order chi connectivity index (χ0) is 8.69. The molecule has 2 heteroatoms. The van der Waals surface area contributed by atoms with E-state index in [1.165, 1.54) is 0 Å². The van der Waals surface area contributed by atoms with Gasteiger partial charge in [0, 0.05) is 0 Å². The van der Waals surface area contributed by atoms with E-state index in [-0.39, 0.29) is 6.42 Å². The number of carboxylic acid groups (broad SMARTS) is 1. The summed E-state index contributed by atoms with van der Waals surface area (Å²) >= 11 is 0. The van der Waals surface area contributed by atoms with Gasteiger partial charge in [0.1, 0.15) is 0 Å². The molecule has 0 saturated heterocycles. The van der Waals surface area contributed by atoms with Gasteiger partial charge in [0.15, 0.2) is 0 Å². The zero-order valence-corrected chi connectivity index (χ0v) is 7.21. The first-order valence-corrected chi connectivity index (χ1v) is 3.99. The highest BCUT2D eigenvalue weighted by Crippen LogP contribution is 2.03. The van der Waals surface area contributed by atoms with Crippen molar-refractivity contribution >= 4 is 5.97 Å². The molecule has 0 amide bonds. The minimum atomic E-state index is -0.759. The Morgan fingerprint density at radius 3 is 2.55 bits per heavy atom. The van der Waals surface area contributed by atoms with Gasteiger partial charge in [0.25, 0.3) is 0 Å². The van der Waals surface area contributed by atoms with Crippen molar-refractivity contribution in [1.29, 1.82) is 0 Å². The summed E-state index contributed by atoms with van der Waals surface area (Å²) in [6.07, 6.45) is 5.93. The summed E-state index contributed by atoms with van der Waals surface area (Å²) in [6, 6.07) is 0. The van der Waals surface area contributed by atoms with Gasteiger partial charge in [-0.1, -0.05) is 26.0 Å². The van der Waals surface area contributed by atoms with Crippen LogP contribution < -0.4 is 0 Å². The number of allylic oxidation sites excluding steroid dienone is 1. The van der Waals surface area contributed by atoms with E-state index in [4.69, 9.17) is 5.11 Å². The van der Waals surface area contributed by atoms with E-state index in [1.54, 1.807) is 6.08 Å². The van der Waals surface area contributed by atoms with Crippen LogP contribution in [0, 0.1) is 5.92 Å². The predicted molar refractivity (Wildman–Crippen MR) is 45.5 cm³/mol. The van der Waals surface area contributed by atoms with Crippen LogP contribution in [0.15, 0.2) is 12.2 Å². The number of rotatable bonds is 5. The molecule has 0 aliphatic rings. The Morgan fingerprint density at radius 2 is 2.09 bits per heavy atom. The first kappa shape index (κ1) is 10.2. The summed E-state index contributed by atoms with van der Waals surface area (Å²) in [6.45, 7) is 4.32. The molecule has 0 aliphatic carbocycles. The SMILES string of the molecule is CC(C)CCC=CCC(=O)O. The summed E-state index contributed by atoms with van der Waals surface area (Å²) in [5, 5.41) is 8.27. The topological polar surface area (TPSA) is 37.3 Å². The summed E-state index contributed by atoms with van der Waals surface area (Å²) < 4.78 is 0. The normalized spacial score (nSPS) is 11.2. The molecular formula is C9H16O2. The van der Waals surface area contributed by atoms with Gasteiger partial charge in [-0.15, -0.1) is 0 Å². The van der Waals surface area contributed by atoms with Crippen molar-refractivity contribution in [2.75, 3.05) is 0 Å². The molecule has 0 heterocycles. The standard InChI is InChI=1S/C9H16O2/c1-8(2)6-4-3-5-7-9(10)11/h3,5,8H,4,6-7H2,1-2H3,(H,10,11). The quantitative estimate of drug-likeness (QED) is 0.621. The molecule has 0 fully saturated rings. The maximum atomic E-state index is 10.0. The van der Waals surface area contributed by atoms with Crippen LogP contribution in [0.4, 0.5) is 0 Å². The Bertz CT molecular complexity index is 136. The molecule has 0 saturated carbocycles. The van der Waals surface area contributed by atoms with Crippen LogP contribution in [0.1, 0.15) is 33.1 Å². The number of carboxylic acids is 1. The Morgan fingerprint density at radius 1 is 1.45 bits per heavy atom. The lowest BCUT2D eigenvalue weighted by atomic mass is 10.1. The maximum absolute atomic E-state index is 10.0. The van der Waals surface area contributed by atoms with Crippen LogP contribution in [0.25, 0.3) is 0 Å². The van der Waals surface area contributed by atoms with Crippen molar-refractivity contribution in [3.05, 3.63) is 12.2 Å². The maximum Gasteiger partial charge on any atom is 0.307 e. The first-order chi connectivity index (χ1) is 5.13. The van der Waals surface area contributed by atoms with Crippen LogP contribution in [0.2, 0.25) is 0 Å². The molecule has 0 aliphatic heterocycles. The predicted octanol–water partition coefficient (Wildman–Crippen LogP) is 2.45. The summed E-state index contributed by atoms with van der Waals surface area (Å²) in [4.78, 5) is 10.0. The fraction of sp³-hybridized carbons (Fsp3) is 0.667. The van der Waals surface area contributed by atoms with Gasteiger partial charge < -0.3 is 5.11 Å². The molecule has 0 bridgehead atoms. The Balaban J connectivity index is 3.23. The molecule has 0 unspecified atom stereocenters. The molecule has 2 nitrogen and oxygen atoms in total. The number of carbonyl (C=O) groups is 1. The largest absolute Gasteiger partial charge is 0.481 e. The Hall–Kier alpha value is -0.790. The smallest absolute Gasteiger partial charge is 0.307 e. The second-order valence-electron chi connectivity index (χ2n) is 3.04. The average Bonchev–Trinajstić information content (AvgIpc) is 1.85. The van der Waals surface area contributed by atoms with E-state index in [2.05, 4.69) is 13.8 Å². The van der Waals surface area contributed by atoms with Crippen molar-refractivity contribution in [1.82, 2.24) is 0 Å². The molecule has 0 aromatic rings. The third-order valence-electron chi connectivity index (χ3n) is 1.37. The van der Waals surface area contributed by atoms with E-state index in [1.807, 2.05) is 6.08 Å². The lowest BCUT2D eigenvalue weighted by molar-refractivity contribution is -0.136. The molecule has 0 atom stereocenters. The van der Waals surface area contributed by atoms with Crippen molar-refractivity contribution in [2.45, 2.75) is 33.1 Å². The second-order valence-corrected chi connectivity index (χ2v) is 3.04. The van der Waals surface area contributed by atoms with E-state index in [9.17, 15) is 4.79 Å². The van der Waals surface area contributed by atoms with E-state index in [0.717, 1.165) is 12.8 Å². The second kappa shape index (κ2) is 5.96. The summed E-state index contributed by atoms with van der Waals surface area (Å²) in [5.41, 5.74) is 0. The van der Waals surface area contributed by atoms with Crippen molar-refractivity contribution in [2.24, 2.45) is 5.92 Å². The van der Waals surface area contributed by atoms with Crippen LogP contribution in [0.3, 0.4) is 0 Å². The summed E-state index contributed by atoms with van der Waals surface area (Å²) in [7, 11) is 0. The highest BCUT2D eigenvalue weighted by Gasteiger charge is 1.91. The number of aliphatic carboxylic acids is 1. The first-order valence-electron chi connectivity index (χ1n) is 3.99. The number of hydrogen-bond acceptors (Lipinski definition) is 1. The fourth-order valence-electron chi connectivity index (χ4n) is 0.732. The fourth-order valence-corrected chi connectivity index (χ4v) is 0.732. The molecule has 0 aromatic heterocycles. The molecule has 11 heavy (non-hydrogen) atoms. The molecular weight excluding hydrogens is 140 g/mol. The van der Waals surface area contributed by atoms with Gasteiger partial charge in [0.05, 0.1) is 6.42 Å². The summed E-state index contributed by atoms with van der Waals surface area (Å²) in [5.74, 6) is -0.0599. The molecule has 0 rings (SSSR count). The molecule has 0 spiro atoms. The monoisotopic (exact) mass is 156 g/mol. The Kier molecular flexibility index (Phi) is 5.53. The third-order valence-corrected chi connectivity index (χ3v) is 1.37. The van der Waals surface area contributed by atoms with Gasteiger partial charge in [-0.2, -0.15) is 0 Å². The van der Waals surface area contributed by atoms with Crippen molar-refractivity contribution < 1.29 is 9.90 Å². The molecule has 1 N–H and O–H groups in total. The minimum Gasteiger partial charge on any atom is -0.481 e. The van der Waals surface area contributed by atoms with Crippen molar-refractivity contribution in [3.63, 3.8) is 0 Å². The minimum absolute atomic E-state index is 0.151. The lowest BCUT2D eigenvalue weighted by Crippen LogP contribution is -1.90. The van der Waals surface area contributed by atoms with E-state index >= 15 is 0 Å². The zero-order valence-electron chi connectivity index (χ0n) is 7.21. The highest BCUT2D eigenvalue weighted by molar-refractivity contribution is 5.68. The highest BCUT2D eigenvalue weighted by atomic mass is 16.4. The van der Waals surface area contributed by atoms with Crippen LogP contribution >= 0.6 is 0 Å². The lowest BCUT2D eigenvalue weighted by Gasteiger charge is -1.98. The van der Waals surface area contributed by atoms with Gasteiger partial charge in [-0.3, -0.25) is 4.79 Å². The van der Waals surface area contributed by atoms with Crippen LogP contribution in [0.5, 0.6) is 0 Å². The molecule has 64 valence electrons. The van der Waals surface area contributed by atoms with Crippen LogP contribution in [-0.4, -0.2) is 11.1 Å². The number of hydrogen-bond donors (Lipinski definition) is 1. The van der Waals surface area contributed by atoms with Gasteiger partial charge in [-0.25, -0.2) is 0 Å². The Labute approximate surface area is 67.9 Å². The van der Waals surface area contributed by atoms with E-state index < -0.39 is 5.97 Å². The molecule has 0 radical (unpaired) electrons. The van der Waals surface area contributed by atoms with Crippen LogP contribution in [-0.2, 0) is 4.79 Å².